The molecule has 2 aromatic heterocycles. The minimum absolute atomic E-state index is 0.143. The number of rotatable bonds is 3. The fraction of sp³-hybridized carbons (Fsp3) is 0.267. The highest BCUT2D eigenvalue weighted by atomic mass is 79.9. The van der Waals surface area contributed by atoms with Gasteiger partial charge in [-0.15, -0.1) is 0 Å². The van der Waals surface area contributed by atoms with Crippen molar-refractivity contribution in [2.75, 3.05) is 18.4 Å². The Balaban J connectivity index is 1.72. The molecular weight excluding hydrogens is 364 g/mol. The number of anilines is 2. The van der Waals surface area contributed by atoms with Crippen molar-refractivity contribution in [1.82, 2.24) is 14.5 Å². The normalized spacial score (nSPS) is 14.4. The molecule has 3 heterocycles. The highest BCUT2D eigenvalue weighted by Gasteiger charge is 2.31. The monoisotopic (exact) mass is 378 g/mol. The van der Waals surface area contributed by atoms with E-state index < -0.39 is 6.09 Å². The van der Waals surface area contributed by atoms with E-state index in [9.17, 15) is 9.59 Å². The van der Waals surface area contributed by atoms with Crippen molar-refractivity contribution in [1.29, 1.82) is 0 Å². The Bertz CT molecular complexity index is 797. The molecule has 3 rings (SSSR count). The van der Waals surface area contributed by atoms with E-state index in [0.717, 1.165) is 10.0 Å². The van der Waals surface area contributed by atoms with Gasteiger partial charge in [0.05, 0.1) is 0 Å². The highest BCUT2D eigenvalue weighted by Crippen LogP contribution is 2.27. The molecule has 1 fully saturated rings. The van der Waals surface area contributed by atoms with Crippen LogP contribution in [-0.4, -0.2) is 38.7 Å². The number of carboxylic acid groups (broad SMARTS) is 1. The Morgan fingerprint density at radius 2 is 2.17 bits per heavy atom. The van der Waals surface area contributed by atoms with Crippen molar-refractivity contribution in [3.63, 3.8) is 0 Å². The first kappa shape index (κ1) is 15.5. The second-order valence-corrected chi connectivity index (χ2v) is 6.39. The van der Waals surface area contributed by atoms with Crippen LogP contribution in [-0.2, 0) is 7.05 Å². The van der Waals surface area contributed by atoms with E-state index in [4.69, 9.17) is 5.11 Å². The topological polar surface area (TPSA) is 87.5 Å². The number of aromatic nitrogens is 2. The largest absolute Gasteiger partial charge is 0.465 e. The molecule has 0 spiro atoms. The van der Waals surface area contributed by atoms with Crippen molar-refractivity contribution in [2.45, 2.75) is 5.92 Å². The molecule has 8 heteroatoms. The van der Waals surface area contributed by atoms with Gasteiger partial charge in [-0.1, -0.05) is 6.07 Å². The maximum atomic E-state index is 12.0. The highest BCUT2D eigenvalue weighted by molar-refractivity contribution is 9.10. The molecule has 23 heavy (non-hydrogen) atoms. The van der Waals surface area contributed by atoms with Crippen molar-refractivity contribution in [3.8, 4) is 0 Å². The molecule has 0 aliphatic carbocycles. The third-order valence-electron chi connectivity index (χ3n) is 3.82. The van der Waals surface area contributed by atoms with Gasteiger partial charge in [0, 0.05) is 42.9 Å². The Morgan fingerprint density at radius 1 is 1.43 bits per heavy atom. The summed E-state index contributed by atoms with van der Waals surface area (Å²) >= 11 is 3.35. The third-order valence-corrected chi connectivity index (χ3v) is 4.26. The Morgan fingerprint density at radius 3 is 2.78 bits per heavy atom. The predicted molar refractivity (Wildman–Crippen MR) is 89.2 cm³/mol. The minimum Gasteiger partial charge on any atom is -0.465 e. The van der Waals surface area contributed by atoms with Crippen LogP contribution in [0.15, 0.2) is 39.9 Å². The second kappa shape index (κ2) is 6.04. The molecule has 0 aromatic carbocycles. The van der Waals surface area contributed by atoms with Crippen LogP contribution in [0.25, 0.3) is 0 Å². The summed E-state index contributed by atoms with van der Waals surface area (Å²) in [6.07, 6.45) is 2.52. The number of nitrogens with zero attached hydrogens (tertiary/aromatic N) is 3. The molecule has 1 saturated heterocycles. The number of aryl methyl sites for hydroxylation is 1. The standard InChI is InChI=1S/C15H15BrN4O3/c1-19-8-11(16)4-12(14(19)21)18-13-3-2-9(5-17-13)10-6-20(7-10)15(22)23/h2-5,8,10H,6-7H2,1H3,(H,17,18)(H,22,23). The predicted octanol–water partition coefficient (Wildman–Crippen LogP) is 2.36. The van der Waals surface area contributed by atoms with Crippen molar-refractivity contribution >= 4 is 33.5 Å². The van der Waals surface area contributed by atoms with Gasteiger partial charge in [0.15, 0.2) is 0 Å². The quantitative estimate of drug-likeness (QED) is 0.855. The first-order valence-corrected chi connectivity index (χ1v) is 7.80. The summed E-state index contributed by atoms with van der Waals surface area (Å²) < 4.78 is 2.28. The Labute approximate surface area is 140 Å². The lowest BCUT2D eigenvalue weighted by Crippen LogP contribution is -2.47. The first-order valence-electron chi connectivity index (χ1n) is 7.01. The molecule has 0 bridgehead atoms. The number of hydrogen-bond acceptors (Lipinski definition) is 4. The molecule has 0 atom stereocenters. The van der Waals surface area contributed by atoms with Crippen LogP contribution in [0.3, 0.4) is 0 Å². The van der Waals surface area contributed by atoms with Gasteiger partial charge in [0.2, 0.25) is 0 Å². The van der Waals surface area contributed by atoms with Crippen LogP contribution in [0.1, 0.15) is 11.5 Å². The molecule has 2 aromatic rings. The van der Waals surface area contributed by atoms with Gasteiger partial charge in [-0.05, 0) is 33.6 Å². The summed E-state index contributed by atoms with van der Waals surface area (Å²) in [6.45, 7) is 0.992. The van der Waals surface area contributed by atoms with Gasteiger partial charge in [0.1, 0.15) is 11.5 Å². The minimum atomic E-state index is -0.891. The summed E-state index contributed by atoms with van der Waals surface area (Å²) in [5.41, 5.74) is 1.29. The summed E-state index contributed by atoms with van der Waals surface area (Å²) in [5, 5.41) is 11.8. The molecule has 1 aliphatic heterocycles. The van der Waals surface area contributed by atoms with Crippen LogP contribution in [0.4, 0.5) is 16.3 Å². The van der Waals surface area contributed by atoms with Gasteiger partial charge < -0.3 is 19.9 Å². The van der Waals surface area contributed by atoms with E-state index in [-0.39, 0.29) is 11.5 Å². The van der Waals surface area contributed by atoms with E-state index in [0.29, 0.717) is 24.6 Å². The molecule has 1 aliphatic rings. The molecule has 0 saturated carbocycles. The fourth-order valence-electron chi connectivity index (χ4n) is 2.46. The van der Waals surface area contributed by atoms with Crippen LogP contribution in [0, 0.1) is 0 Å². The van der Waals surface area contributed by atoms with E-state index in [1.165, 1.54) is 9.47 Å². The number of halogens is 1. The number of amides is 1. The summed E-state index contributed by atoms with van der Waals surface area (Å²) in [4.78, 5) is 28.5. The van der Waals surface area contributed by atoms with Crippen molar-refractivity contribution in [2.24, 2.45) is 7.05 Å². The SMILES string of the molecule is Cn1cc(Br)cc(Nc2ccc(C3CN(C(=O)O)C3)cn2)c1=O. The maximum Gasteiger partial charge on any atom is 0.407 e. The number of pyridine rings is 2. The average Bonchev–Trinajstić information content (AvgIpc) is 2.44. The van der Waals surface area contributed by atoms with Crippen molar-refractivity contribution in [3.05, 3.63) is 51.0 Å². The number of likely N-dealkylation sites (tertiary alicyclic amines) is 1. The number of hydrogen-bond donors (Lipinski definition) is 2. The summed E-state index contributed by atoms with van der Waals surface area (Å²) in [7, 11) is 1.68. The molecule has 0 radical (unpaired) electrons. The maximum absolute atomic E-state index is 12.0. The Hall–Kier alpha value is -2.35. The van der Waals surface area contributed by atoms with Crippen LogP contribution in [0.5, 0.6) is 0 Å². The molecule has 120 valence electrons. The summed E-state index contributed by atoms with van der Waals surface area (Å²) in [5.74, 6) is 0.754. The van der Waals surface area contributed by atoms with Crippen molar-refractivity contribution < 1.29 is 9.90 Å². The van der Waals surface area contributed by atoms with Gasteiger partial charge in [-0.25, -0.2) is 9.78 Å². The average molecular weight is 379 g/mol. The van der Waals surface area contributed by atoms with Gasteiger partial charge >= 0.3 is 6.09 Å². The van der Waals surface area contributed by atoms with Crippen LogP contribution < -0.4 is 10.9 Å². The lowest BCUT2D eigenvalue weighted by atomic mass is 9.93. The first-order chi connectivity index (χ1) is 10.9. The molecule has 7 nitrogen and oxygen atoms in total. The number of nitrogens with one attached hydrogen (secondary N) is 1. The van der Waals surface area contributed by atoms with E-state index >= 15 is 0 Å². The lowest BCUT2D eigenvalue weighted by Gasteiger charge is -2.37. The third kappa shape index (κ3) is 3.21. The Kier molecular flexibility index (Phi) is 4.08. The van der Waals surface area contributed by atoms with Gasteiger partial charge in [-0.2, -0.15) is 0 Å². The van der Waals surface area contributed by atoms with E-state index in [1.807, 2.05) is 6.07 Å². The molecule has 0 unspecified atom stereocenters. The zero-order valence-corrected chi connectivity index (χ0v) is 13.9. The zero-order valence-electron chi connectivity index (χ0n) is 12.4. The van der Waals surface area contributed by atoms with Gasteiger partial charge in [-0.3, -0.25) is 4.79 Å². The molecular formula is C15H15BrN4O3. The fourth-order valence-corrected chi connectivity index (χ4v) is 3.00. The van der Waals surface area contributed by atoms with E-state index in [1.54, 1.807) is 31.6 Å². The molecule has 1 amide bonds. The summed E-state index contributed by atoms with van der Waals surface area (Å²) in [6, 6.07) is 5.40. The van der Waals surface area contributed by atoms with Crippen LogP contribution >= 0.6 is 15.9 Å². The lowest BCUT2D eigenvalue weighted by molar-refractivity contribution is 0.105. The second-order valence-electron chi connectivity index (χ2n) is 5.47. The number of carbonyl (C=O) groups is 1. The zero-order chi connectivity index (χ0) is 16.6. The van der Waals surface area contributed by atoms with Crippen LogP contribution in [0.2, 0.25) is 0 Å². The van der Waals surface area contributed by atoms with E-state index in [2.05, 4.69) is 26.2 Å². The van der Waals surface area contributed by atoms with Gasteiger partial charge in [0.25, 0.3) is 5.56 Å². The molecule has 2 N–H and O–H groups in total. The smallest absolute Gasteiger partial charge is 0.407 e.